The number of amides is 2. The lowest BCUT2D eigenvalue weighted by Crippen LogP contribution is -2.24. The Hall–Kier alpha value is -3.64. The van der Waals surface area contributed by atoms with Crippen molar-refractivity contribution in [3.05, 3.63) is 59.7 Å². The lowest BCUT2D eigenvalue weighted by atomic mass is 9.97. The molecule has 0 radical (unpaired) electrons. The van der Waals surface area contributed by atoms with E-state index < -0.39 is 0 Å². The number of fused-ring (bicyclic) bond motifs is 10. The van der Waals surface area contributed by atoms with Crippen LogP contribution in [0.4, 0.5) is 0 Å². The van der Waals surface area contributed by atoms with Gasteiger partial charge in [0.05, 0.1) is 22.2 Å². The molecule has 0 spiro atoms. The molecule has 30 heavy (non-hydrogen) atoms. The second kappa shape index (κ2) is 5.93. The number of para-hydroxylation sites is 2. The normalized spacial score (nSPS) is 14.1. The Kier molecular flexibility index (Phi) is 3.41. The van der Waals surface area contributed by atoms with Crippen LogP contribution in [-0.2, 0) is 6.54 Å². The third kappa shape index (κ3) is 1.96. The minimum atomic E-state index is -0.245. The summed E-state index contributed by atoms with van der Waals surface area (Å²) in [6.45, 7) is 1.32. The molecule has 5 aromatic rings. The van der Waals surface area contributed by atoms with Gasteiger partial charge in [-0.1, -0.05) is 36.4 Å². The largest absolute Gasteiger partial charge is 0.353 e. The molecule has 148 valence electrons. The molecule has 0 unspecified atom stereocenters. The zero-order valence-corrected chi connectivity index (χ0v) is 16.5. The van der Waals surface area contributed by atoms with E-state index in [1.807, 2.05) is 42.5 Å². The number of aromatic amines is 1. The van der Waals surface area contributed by atoms with Crippen molar-refractivity contribution in [1.82, 2.24) is 14.5 Å². The first-order chi connectivity index (χ1) is 14.6. The van der Waals surface area contributed by atoms with Gasteiger partial charge in [0.25, 0.3) is 11.8 Å². The highest BCUT2D eigenvalue weighted by Crippen LogP contribution is 2.44. The highest BCUT2D eigenvalue weighted by molar-refractivity contribution is 6.39. The molecule has 0 saturated heterocycles. The number of aromatic nitrogens is 2. The molecule has 1 aliphatic heterocycles. The smallest absolute Gasteiger partial charge is 0.262 e. The Labute approximate surface area is 171 Å². The third-order valence-corrected chi connectivity index (χ3v) is 6.29. The van der Waals surface area contributed by atoms with Gasteiger partial charge in [-0.2, -0.15) is 0 Å². The van der Waals surface area contributed by atoms with E-state index >= 15 is 0 Å². The molecule has 3 aromatic carbocycles. The van der Waals surface area contributed by atoms with Crippen LogP contribution < -0.4 is 5.73 Å². The number of H-pyrrole nitrogens is 1. The van der Waals surface area contributed by atoms with Gasteiger partial charge in [-0.05, 0) is 25.1 Å². The van der Waals surface area contributed by atoms with Crippen molar-refractivity contribution >= 4 is 55.4 Å². The van der Waals surface area contributed by atoms with E-state index in [2.05, 4.69) is 15.6 Å². The van der Waals surface area contributed by atoms with Crippen LogP contribution in [-0.4, -0.2) is 39.9 Å². The number of nitrogens with two attached hydrogens (primary N) is 1. The first-order valence-electron chi connectivity index (χ1n) is 10.1. The number of carbonyl (C=O) groups is 2. The summed E-state index contributed by atoms with van der Waals surface area (Å²) in [7, 11) is 1.56. The predicted molar refractivity (Wildman–Crippen MR) is 119 cm³/mol. The van der Waals surface area contributed by atoms with Gasteiger partial charge < -0.3 is 15.3 Å². The summed E-state index contributed by atoms with van der Waals surface area (Å²) in [5, 5.41) is 3.61. The molecule has 0 atom stereocenters. The van der Waals surface area contributed by atoms with Crippen molar-refractivity contribution < 1.29 is 9.59 Å². The van der Waals surface area contributed by atoms with Crippen molar-refractivity contribution in [3.8, 4) is 0 Å². The van der Waals surface area contributed by atoms with Gasteiger partial charge in [-0.25, -0.2) is 0 Å². The first-order valence-corrected chi connectivity index (χ1v) is 10.1. The fourth-order valence-corrected chi connectivity index (χ4v) is 4.98. The van der Waals surface area contributed by atoms with Crippen molar-refractivity contribution in [3.63, 3.8) is 0 Å². The molecule has 2 amide bonds. The molecule has 6 heteroatoms. The molecule has 0 bridgehead atoms. The van der Waals surface area contributed by atoms with Crippen molar-refractivity contribution in [1.29, 1.82) is 0 Å². The van der Waals surface area contributed by atoms with E-state index in [-0.39, 0.29) is 11.8 Å². The van der Waals surface area contributed by atoms with Crippen LogP contribution in [0.2, 0.25) is 0 Å². The number of nitrogens with one attached hydrogen (secondary N) is 1. The topological polar surface area (TPSA) is 84.1 Å². The van der Waals surface area contributed by atoms with Crippen LogP contribution in [0.3, 0.4) is 0 Å². The molecule has 6 rings (SSSR count). The maximum Gasteiger partial charge on any atom is 0.262 e. The summed E-state index contributed by atoms with van der Waals surface area (Å²) in [4.78, 5) is 31.2. The predicted octanol–water partition coefficient (Wildman–Crippen LogP) is 4.00. The number of hydrogen-bond donors (Lipinski definition) is 2. The van der Waals surface area contributed by atoms with Gasteiger partial charge in [0, 0.05) is 46.2 Å². The van der Waals surface area contributed by atoms with Gasteiger partial charge in [0.1, 0.15) is 0 Å². The van der Waals surface area contributed by atoms with E-state index in [1.165, 1.54) is 4.90 Å². The average molecular weight is 396 g/mol. The molecule has 0 aliphatic carbocycles. The van der Waals surface area contributed by atoms with Crippen LogP contribution in [0.5, 0.6) is 0 Å². The molecule has 3 N–H and O–H groups in total. The Morgan fingerprint density at radius 1 is 0.900 bits per heavy atom. The standard InChI is InChI=1S/C24H20N4O2/c1-27-23(29)19-17-13-7-2-4-9-15(13)26-21(17)22-18(20(19)24(27)30)14-8-3-5-10-16(14)28(22)12-6-11-25/h2-5,7-10,26H,6,11-12,25H2,1H3. The van der Waals surface area contributed by atoms with Crippen LogP contribution in [0.15, 0.2) is 48.5 Å². The summed E-state index contributed by atoms with van der Waals surface area (Å²) in [6, 6.07) is 16.0. The molecule has 6 nitrogen and oxygen atoms in total. The lowest BCUT2D eigenvalue weighted by Gasteiger charge is -2.09. The summed E-state index contributed by atoms with van der Waals surface area (Å²) in [5.74, 6) is -0.487. The van der Waals surface area contributed by atoms with Gasteiger partial charge in [0.2, 0.25) is 0 Å². The van der Waals surface area contributed by atoms with Crippen molar-refractivity contribution in [2.24, 2.45) is 5.73 Å². The second-order valence-electron chi connectivity index (χ2n) is 7.87. The Morgan fingerprint density at radius 3 is 2.33 bits per heavy atom. The fourth-order valence-electron chi connectivity index (χ4n) is 4.98. The molecule has 0 saturated carbocycles. The maximum absolute atomic E-state index is 13.3. The van der Waals surface area contributed by atoms with E-state index in [1.54, 1.807) is 7.05 Å². The molecular formula is C24H20N4O2. The average Bonchev–Trinajstić information content (AvgIpc) is 3.37. The van der Waals surface area contributed by atoms with Crippen molar-refractivity contribution in [2.45, 2.75) is 13.0 Å². The number of aryl methyl sites for hydroxylation is 1. The van der Waals surface area contributed by atoms with Gasteiger partial charge >= 0.3 is 0 Å². The van der Waals surface area contributed by atoms with Crippen LogP contribution in [0, 0.1) is 0 Å². The highest BCUT2D eigenvalue weighted by Gasteiger charge is 2.39. The Balaban J connectivity index is 1.96. The number of benzene rings is 3. The van der Waals surface area contributed by atoms with Gasteiger partial charge in [-0.15, -0.1) is 0 Å². The van der Waals surface area contributed by atoms with E-state index in [4.69, 9.17) is 5.73 Å². The monoisotopic (exact) mass is 396 g/mol. The molecule has 1 aliphatic rings. The molecule has 0 fully saturated rings. The first kappa shape index (κ1) is 17.2. The van der Waals surface area contributed by atoms with Crippen LogP contribution in [0.1, 0.15) is 27.1 Å². The Bertz CT molecular complexity index is 1540. The molecule has 3 heterocycles. The summed E-state index contributed by atoms with van der Waals surface area (Å²) < 4.78 is 2.24. The number of hydrogen-bond acceptors (Lipinski definition) is 3. The number of nitrogens with zero attached hydrogens (tertiary/aromatic N) is 2. The van der Waals surface area contributed by atoms with E-state index in [9.17, 15) is 9.59 Å². The van der Waals surface area contributed by atoms with Crippen molar-refractivity contribution in [2.75, 3.05) is 13.6 Å². The number of imide groups is 1. The summed E-state index contributed by atoms with van der Waals surface area (Å²) in [6.07, 6.45) is 0.819. The minimum Gasteiger partial charge on any atom is -0.353 e. The highest BCUT2D eigenvalue weighted by atomic mass is 16.2. The van der Waals surface area contributed by atoms with E-state index in [0.717, 1.165) is 56.6 Å². The van der Waals surface area contributed by atoms with E-state index in [0.29, 0.717) is 17.7 Å². The zero-order chi connectivity index (χ0) is 20.6. The SMILES string of the molecule is CN1C(=O)c2c(c3c4ccccc4n(CCCN)c3c3[nH]c4ccccc4c23)C1=O. The lowest BCUT2D eigenvalue weighted by molar-refractivity contribution is 0.0694. The fraction of sp³-hybridized carbons (Fsp3) is 0.167. The summed E-state index contributed by atoms with van der Waals surface area (Å²) in [5.41, 5.74) is 10.7. The molecule has 2 aromatic heterocycles. The second-order valence-corrected chi connectivity index (χ2v) is 7.87. The number of rotatable bonds is 3. The van der Waals surface area contributed by atoms with Crippen LogP contribution in [0.25, 0.3) is 43.6 Å². The number of carbonyl (C=O) groups excluding carboxylic acids is 2. The Morgan fingerprint density at radius 2 is 1.57 bits per heavy atom. The van der Waals surface area contributed by atoms with Gasteiger partial charge in [0.15, 0.2) is 0 Å². The van der Waals surface area contributed by atoms with Crippen LogP contribution >= 0.6 is 0 Å². The maximum atomic E-state index is 13.3. The quantitative estimate of drug-likeness (QED) is 0.452. The minimum absolute atomic E-state index is 0.242. The zero-order valence-electron chi connectivity index (χ0n) is 16.5. The molecular weight excluding hydrogens is 376 g/mol. The third-order valence-electron chi connectivity index (χ3n) is 6.29. The summed E-state index contributed by atoms with van der Waals surface area (Å²) >= 11 is 0. The van der Waals surface area contributed by atoms with Gasteiger partial charge in [-0.3, -0.25) is 14.5 Å².